The predicted octanol–water partition coefficient (Wildman–Crippen LogP) is 2.88. The summed E-state index contributed by atoms with van der Waals surface area (Å²) in [6.07, 6.45) is 1.48. The van der Waals surface area contributed by atoms with Gasteiger partial charge >= 0.3 is 0 Å². The fourth-order valence-corrected chi connectivity index (χ4v) is 3.08. The number of nitrogens with zero attached hydrogens (tertiary/aromatic N) is 1. The SMILES string of the molecule is N#Cc1ccc(C(=O)NC[C@](O)(c2ccsc2)c2ccco2)cc1. The van der Waals surface area contributed by atoms with Gasteiger partial charge in [0.05, 0.1) is 24.4 Å². The summed E-state index contributed by atoms with van der Waals surface area (Å²) in [6.45, 7) is -0.0317. The number of hydrogen-bond acceptors (Lipinski definition) is 5. The van der Waals surface area contributed by atoms with E-state index < -0.39 is 5.60 Å². The van der Waals surface area contributed by atoms with Gasteiger partial charge in [-0.2, -0.15) is 16.6 Å². The topological polar surface area (TPSA) is 86.3 Å². The first kappa shape index (κ1) is 16.0. The van der Waals surface area contributed by atoms with E-state index in [1.165, 1.54) is 17.6 Å². The summed E-state index contributed by atoms with van der Waals surface area (Å²) in [5, 5.41) is 26.3. The summed E-state index contributed by atoms with van der Waals surface area (Å²) in [6, 6.07) is 13.5. The summed E-state index contributed by atoms with van der Waals surface area (Å²) in [7, 11) is 0. The van der Waals surface area contributed by atoms with E-state index in [-0.39, 0.29) is 12.5 Å². The van der Waals surface area contributed by atoms with Crippen LogP contribution in [0.4, 0.5) is 0 Å². The zero-order valence-corrected chi connectivity index (χ0v) is 13.4. The smallest absolute Gasteiger partial charge is 0.251 e. The zero-order valence-electron chi connectivity index (χ0n) is 12.6. The van der Waals surface area contributed by atoms with Gasteiger partial charge < -0.3 is 14.8 Å². The molecule has 0 bridgehead atoms. The maximum absolute atomic E-state index is 12.3. The normalized spacial score (nSPS) is 13.0. The average Bonchev–Trinajstić information content (AvgIpc) is 3.33. The van der Waals surface area contributed by atoms with Gasteiger partial charge in [-0.25, -0.2) is 0 Å². The predicted molar refractivity (Wildman–Crippen MR) is 89.5 cm³/mol. The molecule has 3 aromatic rings. The lowest BCUT2D eigenvalue weighted by Gasteiger charge is -2.25. The van der Waals surface area contributed by atoms with E-state index in [1.807, 2.05) is 16.8 Å². The minimum absolute atomic E-state index is 0.0317. The highest BCUT2D eigenvalue weighted by atomic mass is 32.1. The Labute approximate surface area is 142 Å². The van der Waals surface area contributed by atoms with Crippen LogP contribution in [0.25, 0.3) is 0 Å². The molecule has 120 valence electrons. The molecule has 0 fully saturated rings. The summed E-state index contributed by atoms with van der Waals surface area (Å²) in [5.41, 5.74) is 0.117. The molecule has 2 aromatic heterocycles. The first-order chi connectivity index (χ1) is 11.6. The van der Waals surface area contributed by atoms with Gasteiger partial charge in [-0.05, 0) is 53.2 Å². The minimum atomic E-state index is -1.44. The lowest BCUT2D eigenvalue weighted by atomic mass is 9.93. The number of carbonyl (C=O) groups excluding carboxylic acids is 1. The van der Waals surface area contributed by atoms with Crippen molar-refractivity contribution in [2.75, 3.05) is 6.54 Å². The molecule has 6 heteroatoms. The second-order valence-corrected chi connectivity index (χ2v) is 6.00. The largest absolute Gasteiger partial charge is 0.466 e. The number of rotatable bonds is 5. The van der Waals surface area contributed by atoms with Crippen LogP contribution >= 0.6 is 11.3 Å². The Morgan fingerprint density at radius 3 is 2.67 bits per heavy atom. The number of aliphatic hydroxyl groups is 1. The first-order valence-electron chi connectivity index (χ1n) is 7.21. The van der Waals surface area contributed by atoms with Crippen molar-refractivity contribution >= 4 is 17.2 Å². The van der Waals surface area contributed by atoms with Crippen molar-refractivity contribution in [1.29, 1.82) is 5.26 Å². The van der Waals surface area contributed by atoms with E-state index in [0.29, 0.717) is 22.5 Å². The number of nitrogens with one attached hydrogen (secondary N) is 1. The third-order valence-corrected chi connectivity index (χ3v) is 4.39. The summed E-state index contributed by atoms with van der Waals surface area (Å²) in [4.78, 5) is 12.3. The Morgan fingerprint density at radius 2 is 2.08 bits per heavy atom. The lowest BCUT2D eigenvalue weighted by Crippen LogP contribution is -2.41. The van der Waals surface area contributed by atoms with Crippen LogP contribution in [-0.4, -0.2) is 17.6 Å². The molecular weight excluding hydrogens is 324 g/mol. The molecule has 2 heterocycles. The van der Waals surface area contributed by atoms with E-state index in [1.54, 1.807) is 42.5 Å². The highest BCUT2D eigenvalue weighted by molar-refractivity contribution is 7.08. The molecule has 0 unspecified atom stereocenters. The van der Waals surface area contributed by atoms with Gasteiger partial charge in [-0.1, -0.05) is 0 Å². The quantitative estimate of drug-likeness (QED) is 0.749. The van der Waals surface area contributed by atoms with Crippen LogP contribution in [0.3, 0.4) is 0 Å². The van der Waals surface area contributed by atoms with Crippen molar-refractivity contribution in [3.8, 4) is 6.07 Å². The molecule has 0 aliphatic rings. The van der Waals surface area contributed by atoms with Gasteiger partial charge in [-0.3, -0.25) is 4.79 Å². The standard InChI is InChI=1S/C18H14N2O3S/c19-10-13-3-5-14(6-4-13)17(21)20-12-18(22,15-7-9-24-11-15)16-2-1-8-23-16/h1-9,11,22H,12H2,(H,20,21)/t18-/m0/s1. The molecule has 1 atom stereocenters. The maximum Gasteiger partial charge on any atom is 0.251 e. The molecule has 1 amide bonds. The van der Waals surface area contributed by atoms with E-state index in [9.17, 15) is 9.90 Å². The Bertz CT molecular complexity index is 813. The molecule has 0 aliphatic carbocycles. The van der Waals surface area contributed by atoms with Crippen molar-refractivity contribution in [3.63, 3.8) is 0 Å². The van der Waals surface area contributed by atoms with E-state index >= 15 is 0 Å². The van der Waals surface area contributed by atoms with E-state index in [0.717, 1.165) is 0 Å². The van der Waals surface area contributed by atoms with Crippen LogP contribution in [0.15, 0.2) is 63.9 Å². The van der Waals surface area contributed by atoms with Gasteiger partial charge in [0.25, 0.3) is 5.91 Å². The Morgan fingerprint density at radius 1 is 1.29 bits per heavy atom. The molecule has 24 heavy (non-hydrogen) atoms. The number of benzene rings is 1. The fraction of sp³-hybridized carbons (Fsp3) is 0.111. The van der Waals surface area contributed by atoms with Gasteiger partial charge in [0.15, 0.2) is 5.60 Å². The second-order valence-electron chi connectivity index (χ2n) is 5.22. The lowest BCUT2D eigenvalue weighted by molar-refractivity contribution is 0.0528. The molecule has 2 N–H and O–H groups in total. The van der Waals surface area contributed by atoms with Crippen molar-refractivity contribution in [2.45, 2.75) is 5.60 Å². The van der Waals surface area contributed by atoms with Crippen molar-refractivity contribution in [3.05, 3.63) is 81.9 Å². The van der Waals surface area contributed by atoms with Gasteiger partial charge in [0, 0.05) is 11.1 Å². The molecular formula is C18H14N2O3S. The van der Waals surface area contributed by atoms with Crippen molar-refractivity contribution in [1.82, 2.24) is 5.32 Å². The van der Waals surface area contributed by atoms with Gasteiger partial charge in [0.1, 0.15) is 5.76 Å². The van der Waals surface area contributed by atoms with Crippen LogP contribution in [0.5, 0.6) is 0 Å². The van der Waals surface area contributed by atoms with Crippen LogP contribution in [0, 0.1) is 11.3 Å². The molecule has 0 saturated carbocycles. The van der Waals surface area contributed by atoms with E-state index in [4.69, 9.17) is 9.68 Å². The number of nitriles is 1. The Kier molecular flexibility index (Phi) is 4.47. The van der Waals surface area contributed by atoms with Crippen LogP contribution in [-0.2, 0) is 5.60 Å². The number of carbonyl (C=O) groups is 1. The molecule has 0 aliphatic heterocycles. The minimum Gasteiger partial charge on any atom is -0.466 e. The monoisotopic (exact) mass is 338 g/mol. The van der Waals surface area contributed by atoms with Crippen LogP contribution < -0.4 is 5.32 Å². The second kappa shape index (κ2) is 6.71. The number of thiophene rings is 1. The number of amides is 1. The van der Waals surface area contributed by atoms with E-state index in [2.05, 4.69) is 5.32 Å². The highest BCUT2D eigenvalue weighted by Gasteiger charge is 2.35. The van der Waals surface area contributed by atoms with Crippen LogP contribution in [0.1, 0.15) is 27.2 Å². The molecule has 3 rings (SSSR count). The van der Waals surface area contributed by atoms with Crippen molar-refractivity contribution in [2.24, 2.45) is 0 Å². The van der Waals surface area contributed by atoms with Crippen LogP contribution in [0.2, 0.25) is 0 Å². The fourth-order valence-electron chi connectivity index (χ4n) is 2.35. The zero-order chi connectivity index (χ0) is 17.0. The van der Waals surface area contributed by atoms with Gasteiger partial charge in [-0.15, -0.1) is 0 Å². The average molecular weight is 338 g/mol. The summed E-state index contributed by atoms with van der Waals surface area (Å²) >= 11 is 1.45. The molecule has 5 nitrogen and oxygen atoms in total. The Balaban J connectivity index is 1.79. The highest BCUT2D eigenvalue weighted by Crippen LogP contribution is 2.31. The number of hydrogen-bond donors (Lipinski definition) is 2. The summed E-state index contributed by atoms with van der Waals surface area (Å²) in [5.74, 6) is 0.0285. The molecule has 0 radical (unpaired) electrons. The first-order valence-corrected chi connectivity index (χ1v) is 8.15. The Hall–Kier alpha value is -2.88. The maximum atomic E-state index is 12.3. The summed E-state index contributed by atoms with van der Waals surface area (Å²) < 4.78 is 5.36. The third-order valence-electron chi connectivity index (χ3n) is 3.71. The molecule has 0 saturated heterocycles. The van der Waals surface area contributed by atoms with Gasteiger partial charge in [0.2, 0.25) is 0 Å². The van der Waals surface area contributed by atoms with Crippen molar-refractivity contribution < 1.29 is 14.3 Å². The molecule has 0 spiro atoms. The third kappa shape index (κ3) is 3.08. The number of furan rings is 1. The molecule has 1 aromatic carbocycles.